The highest BCUT2D eigenvalue weighted by atomic mass is 19.2. The minimum Gasteiger partial charge on any atom is -0.506 e. The number of halogens is 3. The molecule has 0 radical (unpaired) electrons. The van der Waals surface area contributed by atoms with Crippen molar-refractivity contribution in [2.75, 3.05) is 6.61 Å². The number of esters is 1. The normalized spacial score (nSPS) is 12.4. The minimum atomic E-state index is -1.43. The molecule has 6 nitrogen and oxygen atoms in total. The Morgan fingerprint density at radius 3 is 2.56 bits per heavy atom. The third-order valence-corrected chi connectivity index (χ3v) is 2.95. The Bertz CT molecular complexity index is 859. The summed E-state index contributed by atoms with van der Waals surface area (Å²) in [6, 6.07) is 2.11. The number of benzene rings is 1. The van der Waals surface area contributed by atoms with Crippen LogP contribution in [0.3, 0.4) is 0 Å². The standard InChI is InChI=1S/C16H13F3N2O4/c1-3-24-16(23)10(7-20-14-4-8(2)21-25-14)15(22)9-5-12(18)13(19)6-11(9)17/h4-7,22H,3H2,1-2H3. The van der Waals surface area contributed by atoms with E-state index in [1.54, 1.807) is 6.92 Å². The second-order valence-electron chi connectivity index (χ2n) is 4.79. The fourth-order valence-electron chi connectivity index (χ4n) is 1.81. The van der Waals surface area contributed by atoms with Gasteiger partial charge in [-0.25, -0.2) is 23.0 Å². The highest BCUT2D eigenvalue weighted by molar-refractivity contribution is 6.15. The number of aliphatic imine (C=N–C) groups is 1. The largest absolute Gasteiger partial charge is 0.506 e. The number of carbonyl (C=O) groups excluding carboxylic acids is 1. The Kier molecular flexibility index (Phi) is 5.58. The molecular formula is C16H13F3N2O4. The molecule has 2 aromatic rings. The van der Waals surface area contributed by atoms with Crippen LogP contribution in [0.5, 0.6) is 0 Å². The predicted octanol–water partition coefficient (Wildman–Crippen LogP) is 3.64. The summed E-state index contributed by atoms with van der Waals surface area (Å²) < 4.78 is 49.8. The molecule has 2 rings (SSSR count). The molecule has 132 valence electrons. The van der Waals surface area contributed by atoms with Crippen molar-refractivity contribution in [3.63, 3.8) is 0 Å². The number of aliphatic hydroxyl groups is 1. The number of hydrogen-bond donors (Lipinski definition) is 1. The number of ether oxygens (including phenoxy) is 1. The average molecular weight is 354 g/mol. The molecule has 0 aliphatic carbocycles. The van der Waals surface area contributed by atoms with E-state index in [0.29, 0.717) is 11.8 Å². The number of carbonyl (C=O) groups is 1. The van der Waals surface area contributed by atoms with Crippen molar-refractivity contribution in [1.82, 2.24) is 5.16 Å². The van der Waals surface area contributed by atoms with Crippen molar-refractivity contribution in [3.8, 4) is 0 Å². The van der Waals surface area contributed by atoms with Gasteiger partial charge in [0.1, 0.15) is 17.1 Å². The van der Waals surface area contributed by atoms with Gasteiger partial charge in [0.05, 0.1) is 17.9 Å². The van der Waals surface area contributed by atoms with Crippen molar-refractivity contribution in [2.45, 2.75) is 13.8 Å². The zero-order valence-electron chi connectivity index (χ0n) is 13.2. The Morgan fingerprint density at radius 1 is 1.28 bits per heavy atom. The van der Waals surface area contributed by atoms with Crippen LogP contribution in [0.15, 0.2) is 33.3 Å². The summed E-state index contributed by atoms with van der Waals surface area (Å²) in [7, 11) is 0. The van der Waals surface area contributed by atoms with Gasteiger partial charge in [-0.1, -0.05) is 5.16 Å². The number of aromatic nitrogens is 1. The highest BCUT2D eigenvalue weighted by Crippen LogP contribution is 2.23. The van der Waals surface area contributed by atoms with E-state index in [1.165, 1.54) is 13.0 Å². The molecule has 0 aliphatic heterocycles. The Balaban J connectivity index is 2.52. The second-order valence-corrected chi connectivity index (χ2v) is 4.79. The van der Waals surface area contributed by atoms with E-state index in [0.717, 1.165) is 6.21 Å². The van der Waals surface area contributed by atoms with Crippen LogP contribution < -0.4 is 0 Å². The van der Waals surface area contributed by atoms with Gasteiger partial charge in [-0.2, -0.15) is 0 Å². The molecule has 9 heteroatoms. The lowest BCUT2D eigenvalue weighted by Gasteiger charge is -2.08. The summed E-state index contributed by atoms with van der Waals surface area (Å²) in [5.41, 5.74) is -0.771. The van der Waals surface area contributed by atoms with E-state index < -0.39 is 40.3 Å². The quantitative estimate of drug-likeness (QED) is 0.291. The van der Waals surface area contributed by atoms with E-state index in [9.17, 15) is 23.1 Å². The second kappa shape index (κ2) is 7.65. The van der Waals surface area contributed by atoms with Crippen LogP contribution in [0.25, 0.3) is 5.76 Å². The molecule has 0 aliphatic rings. The number of hydrogen-bond acceptors (Lipinski definition) is 6. The van der Waals surface area contributed by atoms with Crippen molar-refractivity contribution in [3.05, 3.63) is 52.5 Å². The maximum atomic E-state index is 13.8. The topological polar surface area (TPSA) is 84.9 Å². The molecule has 1 aromatic carbocycles. The van der Waals surface area contributed by atoms with Gasteiger partial charge >= 0.3 is 5.97 Å². The van der Waals surface area contributed by atoms with E-state index in [2.05, 4.69) is 10.1 Å². The number of nitrogens with zero attached hydrogens (tertiary/aromatic N) is 2. The first-order chi connectivity index (χ1) is 11.8. The van der Waals surface area contributed by atoms with Crippen molar-refractivity contribution in [2.24, 2.45) is 4.99 Å². The molecule has 0 unspecified atom stereocenters. The molecule has 1 heterocycles. The molecular weight excluding hydrogens is 341 g/mol. The molecule has 0 saturated heterocycles. The fraction of sp³-hybridized carbons (Fsp3) is 0.188. The summed E-state index contributed by atoms with van der Waals surface area (Å²) in [6.07, 6.45) is 0.855. The maximum absolute atomic E-state index is 13.8. The molecule has 1 aromatic heterocycles. The zero-order valence-corrected chi connectivity index (χ0v) is 13.2. The average Bonchev–Trinajstić information content (AvgIpc) is 2.96. The summed E-state index contributed by atoms with van der Waals surface area (Å²) >= 11 is 0. The lowest BCUT2D eigenvalue weighted by Crippen LogP contribution is -2.12. The summed E-state index contributed by atoms with van der Waals surface area (Å²) in [5, 5.41) is 13.7. The van der Waals surface area contributed by atoms with E-state index in [4.69, 9.17) is 9.26 Å². The molecule has 0 atom stereocenters. The minimum absolute atomic E-state index is 0.0119. The molecule has 1 N–H and O–H groups in total. The first-order valence-electron chi connectivity index (χ1n) is 7.06. The van der Waals surface area contributed by atoms with Crippen LogP contribution in [-0.2, 0) is 9.53 Å². The Morgan fingerprint density at radius 2 is 1.96 bits per heavy atom. The molecule has 0 fully saturated rings. The molecule has 0 spiro atoms. The van der Waals surface area contributed by atoms with Crippen molar-refractivity contribution >= 4 is 23.8 Å². The maximum Gasteiger partial charge on any atom is 0.343 e. The summed E-state index contributed by atoms with van der Waals surface area (Å²) in [4.78, 5) is 15.8. The molecule has 0 saturated carbocycles. The van der Waals surface area contributed by atoms with Crippen LogP contribution in [0.2, 0.25) is 0 Å². The summed E-state index contributed by atoms with van der Waals surface area (Å²) in [6.45, 7) is 3.12. The highest BCUT2D eigenvalue weighted by Gasteiger charge is 2.21. The van der Waals surface area contributed by atoms with E-state index >= 15 is 0 Å². The lowest BCUT2D eigenvalue weighted by atomic mass is 10.1. The van der Waals surface area contributed by atoms with E-state index in [1.807, 2.05) is 0 Å². The molecule has 25 heavy (non-hydrogen) atoms. The van der Waals surface area contributed by atoms with Gasteiger partial charge in [0.15, 0.2) is 11.6 Å². The van der Waals surface area contributed by atoms with Crippen LogP contribution in [0.4, 0.5) is 19.1 Å². The predicted molar refractivity (Wildman–Crippen MR) is 81.9 cm³/mol. The monoisotopic (exact) mass is 354 g/mol. The Hall–Kier alpha value is -3.10. The van der Waals surface area contributed by atoms with Gasteiger partial charge in [0.2, 0.25) is 0 Å². The molecule has 0 amide bonds. The fourth-order valence-corrected chi connectivity index (χ4v) is 1.81. The van der Waals surface area contributed by atoms with Crippen LogP contribution in [0, 0.1) is 24.4 Å². The van der Waals surface area contributed by atoms with E-state index in [-0.39, 0.29) is 18.6 Å². The summed E-state index contributed by atoms with van der Waals surface area (Å²) in [5.74, 6) is -6.08. The first-order valence-corrected chi connectivity index (χ1v) is 7.06. The van der Waals surface area contributed by atoms with Gasteiger partial charge in [-0.05, 0) is 19.9 Å². The number of aryl methyl sites for hydroxylation is 1. The Labute approximate surface area is 140 Å². The third-order valence-electron chi connectivity index (χ3n) is 2.95. The van der Waals surface area contributed by atoms with Gasteiger partial charge in [-0.15, -0.1) is 0 Å². The number of aliphatic hydroxyl groups excluding tert-OH is 1. The van der Waals surface area contributed by atoms with Crippen LogP contribution in [-0.4, -0.2) is 29.1 Å². The van der Waals surface area contributed by atoms with Gasteiger partial charge < -0.3 is 14.4 Å². The lowest BCUT2D eigenvalue weighted by molar-refractivity contribution is -0.137. The van der Waals surface area contributed by atoms with Gasteiger partial charge in [0.25, 0.3) is 5.88 Å². The number of rotatable bonds is 5. The SMILES string of the molecule is CCOC(=O)C(C=Nc1cc(C)no1)=C(O)c1cc(F)c(F)cc1F. The van der Waals surface area contributed by atoms with Gasteiger partial charge in [-0.3, -0.25) is 0 Å². The first kappa shape index (κ1) is 18.2. The zero-order chi connectivity index (χ0) is 18.6. The van der Waals surface area contributed by atoms with Gasteiger partial charge in [0, 0.05) is 18.3 Å². The smallest absolute Gasteiger partial charge is 0.343 e. The third kappa shape index (κ3) is 4.25. The van der Waals surface area contributed by atoms with Crippen LogP contribution in [0.1, 0.15) is 18.2 Å². The van der Waals surface area contributed by atoms with Crippen LogP contribution >= 0.6 is 0 Å². The van der Waals surface area contributed by atoms with Crippen molar-refractivity contribution < 1.29 is 32.3 Å². The molecule has 0 bridgehead atoms. The van der Waals surface area contributed by atoms with Crippen molar-refractivity contribution in [1.29, 1.82) is 0 Å².